The van der Waals surface area contributed by atoms with E-state index in [-0.39, 0.29) is 18.4 Å². The highest BCUT2D eigenvalue weighted by Crippen LogP contribution is 2.31. The normalized spacial score (nSPS) is 16.8. The standard InChI is InChI=1S/C29H41N5O4S/c1-33-26(19-30-27(35)17-15-21-14-16-24(37-2)25(18-21)38-3)31-32-29(33)39-20-28(36)34(22-10-6-4-7-11-22)23-12-8-5-9-13-23/h14-18,22-23H,4-13,19-20H2,1-3H3,(H,30,35)/b17-15+. The highest BCUT2D eigenvalue weighted by molar-refractivity contribution is 7.99. The van der Waals surface area contributed by atoms with E-state index < -0.39 is 0 Å². The molecule has 9 nitrogen and oxygen atoms in total. The van der Waals surface area contributed by atoms with Crippen molar-refractivity contribution in [1.82, 2.24) is 25.0 Å². The van der Waals surface area contributed by atoms with Gasteiger partial charge in [0.15, 0.2) is 22.5 Å². The Kier molecular flexibility index (Phi) is 10.7. The van der Waals surface area contributed by atoms with Crippen LogP contribution >= 0.6 is 11.8 Å². The minimum Gasteiger partial charge on any atom is -0.493 e. The predicted molar refractivity (Wildman–Crippen MR) is 153 cm³/mol. The number of carbonyl (C=O) groups excluding carboxylic acids is 2. The molecule has 0 spiro atoms. The molecule has 2 aromatic rings. The van der Waals surface area contributed by atoms with Gasteiger partial charge in [0.1, 0.15) is 0 Å². The highest BCUT2D eigenvalue weighted by atomic mass is 32.2. The summed E-state index contributed by atoms with van der Waals surface area (Å²) >= 11 is 1.43. The summed E-state index contributed by atoms with van der Waals surface area (Å²) in [7, 11) is 5.03. The minimum atomic E-state index is -0.243. The monoisotopic (exact) mass is 555 g/mol. The highest BCUT2D eigenvalue weighted by Gasteiger charge is 2.32. The lowest BCUT2D eigenvalue weighted by Crippen LogP contribution is -2.49. The Hall–Kier alpha value is -3.01. The molecule has 0 radical (unpaired) electrons. The van der Waals surface area contributed by atoms with Crippen molar-refractivity contribution in [2.45, 2.75) is 88.0 Å². The van der Waals surface area contributed by atoms with E-state index in [1.165, 1.54) is 56.4 Å². The summed E-state index contributed by atoms with van der Waals surface area (Å²) in [5.74, 6) is 2.20. The first-order chi connectivity index (χ1) is 19.0. The number of methoxy groups -OCH3 is 2. The maximum Gasteiger partial charge on any atom is 0.244 e. The van der Waals surface area contributed by atoms with Crippen LogP contribution in [0.25, 0.3) is 6.08 Å². The second-order valence-corrected chi connectivity index (χ2v) is 11.2. The fourth-order valence-electron chi connectivity index (χ4n) is 5.60. The Bertz CT molecular complexity index is 1120. The van der Waals surface area contributed by atoms with Crippen molar-refractivity contribution in [2.75, 3.05) is 20.0 Å². The van der Waals surface area contributed by atoms with Crippen LogP contribution < -0.4 is 14.8 Å². The van der Waals surface area contributed by atoms with Gasteiger partial charge in [-0.05, 0) is 49.5 Å². The van der Waals surface area contributed by atoms with Gasteiger partial charge in [-0.15, -0.1) is 10.2 Å². The molecule has 0 aliphatic heterocycles. The van der Waals surface area contributed by atoms with Crippen molar-refractivity contribution in [2.24, 2.45) is 7.05 Å². The van der Waals surface area contributed by atoms with Crippen LogP contribution in [0.2, 0.25) is 0 Å². The van der Waals surface area contributed by atoms with E-state index in [0.29, 0.717) is 40.3 Å². The maximum atomic E-state index is 13.5. The van der Waals surface area contributed by atoms with E-state index >= 15 is 0 Å². The zero-order chi connectivity index (χ0) is 27.6. The van der Waals surface area contributed by atoms with Gasteiger partial charge in [0, 0.05) is 25.2 Å². The van der Waals surface area contributed by atoms with E-state index in [2.05, 4.69) is 20.4 Å². The van der Waals surface area contributed by atoms with Crippen molar-refractivity contribution in [3.8, 4) is 11.5 Å². The summed E-state index contributed by atoms with van der Waals surface area (Å²) in [4.78, 5) is 28.1. The fraction of sp³-hybridized carbons (Fsp3) is 0.586. The van der Waals surface area contributed by atoms with Crippen LogP contribution in [0.1, 0.15) is 75.6 Å². The number of carbonyl (C=O) groups is 2. The predicted octanol–water partition coefficient (Wildman–Crippen LogP) is 4.75. The van der Waals surface area contributed by atoms with E-state index in [1.54, 1.807) is 32.4 Å². The van der Waals surface area contributed by atoms with Gasteiger partial charge >= 0.3 is 0 Å². The molecule has 2 fully saturated rings. The Morgan fingerprint density at radius 1 is 1.00 bits per heavy atom. The molecule has 39 heavy (non-hydrogen) atoms. The average Bonchev–Trinajstić information content (AvgIpc) is 3.33. The molecular formula is C29H41N5O4S. The molecular weight excluding hydrogens is 514 g/mol. The van der Waals surface area contributed by atoms with Crippen molar-refractivity contribution < 1.29 is 19.1 Å². The molecule has 0 atom stereocenters. The number of hydrogen-bond donors (Lipinski definition) is 1. The van der Waals surface area contributed by atoms with Gasteiger partial charge in [0.05, 0.1) is 26.5 Å². The van der Waals surface area contributed by atoms with Crippen LogP contribution in [0.3, 0.4) is 0 Å². The van der Waals surface area contributed by atoms with Crippen LogP contribution in [0.5, 0.6) is 11.5 Å². The quantitative estimate of drug-likeness (QED) is 0.316. The first-order valence-electron chi connectivity index (χ1n) is 14.0. The maximum absolute atomic E-state index is 13.5. The van der Waals surface area contributed by atoms with Gasteiger partial charge in [-0.2, -0.15) is 0 Å². The lowest BCUT2D eigenvalue weighted by Gasteiger charge is -2.41. The van der Waals surface area contributed by atoms with Crippen molar-refractivity contribution in [3.05, 3.63) is 35.7 Å². The topological polar surface area (TPSA) is 98.6 Å². The molecule has 10 heteroatoms. The van der Waals surface area contributed by atoms with Crippen LogP contribution in [0.4, 0.5) is 0 Å². The summed E-state index contributed by atoms with van der Waals surface area (Å²) in [6.45, 7) is 0.239. The Labute approximate surface area is 235 Å². The average molecular weight is 556 g/mol. The molecule has 1 heterocycles. The molecule has 2 amide bonds. The van der Waals surface area contributed by atoms with Crippen molar-refractivity contribution in [1.29, 1.82) is 0 Å². The van der Waals surface area contributed by atoms with Gasteiger partial charge in [-0.1, -0.05) is 56.4 Å². The molecule has 212 valence electrons. The first kappa shape index (κ1) is 29.0. The number of hydrogen-bond acceptors (Lipinski definition) is 7. The molecule has 1 N–H and O–H groups in total. The van der Waals surface area contributed by atoms with Crippen LogP contribution in [0, 0.1) is 0 Å². The lowest BCUT2D eigenvalue weighted by atomic mass is 9.88. The molecule has 0 bridgehead atoms. The van der Waals surface area contributed by atoms with E-state index in [1.807, 2.05) is 17.7 Å². The Morgan fingerprint density at radius 3 is 2.26 bits per heavy atom. The minimum absolute atomic E-state index is 0.219. The third-order valence-corrected chi connectivity index (χ3v) is 8.73. The number of nitrogens with one attached hydrogen (secondary N) is 1. The molecule has 0 unspecified atom stereocenters. The second kappa shape index (κ2) is 14.4. The molecule has 2 aliphatic carbocycles. The number of rotatable bonds is 11. The van der Waals surface area contributed by atoms with E-state index in [0.717, 1.165) is 31.2 Å². The smallest absolute Gasteiger partial charge is 0.244 e. The van der Waals surface area contributed by atoms with Crippen LogP contribution in [-0.2, 0) is 23.2 Å². The van der Waals surface area contributed by atoms with Gasteiger partial charge in [-0.3, -0.25) is 9.59 Å². The van der Waals surface area contributed by atoms with Gasteiger partial charge in [-0.25, -0.2) is 0 Å². The number of nitrogens with zero attached hydrogens (tertiary/aromatic N) is 4. The van der Waals surface area contributed by atoms with Crippen LogP contribution in [0.15, 0.2) is 29.4 Å². The lowest BCUT2D eigenvalue weighted by molar-refractivity contribution is -0.135. The fourth-order valence-corrected chi connectivity index (χ4v) is 6.40. The molecule has 2 aliphatic rings. The van der Waals surface area contributed by atoms with Crippen molar-refractivity contribution >= 4 is 29.7 Å². The summed E-state index contributed by atoms with van der Waals surface area (Å²) in [5.41, 5.74) is 0.820. The Balaban J connectivity index is 1.30. The molecule has 1 aromatic carbocycles. The summed E-state index contributed by atoms with van der Waals surface area (Å²) in [6.07, 6.45) is 15.1. The van der Waals surface area contributed by atoms with Gasteiger partial charge in [0.2, 0.25) is 11.8 Å². The Morgan fingerprint density at radius 2 is 1.64 bits per heavy atom. The SMILES string of the molecule is COc1ccc(/C=C/C(=O)NCc2nnc(SCC(=O)N(C3CCCCC3)C3CCCCC3)n2C)cc1OC. The van der Waals surface area contributed by atoms with Crippen molar-refractivity contribution in [3.63, 3.8) is 0 Å². The van der Waals surface area contributed by atoms with E-state index in [4.69, 9.17) is 9.47 Å². The molecule has 1 aromatic heterocycles. The summed E-state index contributed by atoms with van der Waals surface area (Å²) in [5, 5.41) is 12.1. The number of benzene rings is 1. The third kappa shape index (κ3) is 7.77. The number of ether oxygens (including phenoxy) is 2. The number of amides is 2. The molecule has 0 saturated heterocycles. The zero-order valence-electron chi connectivity index (χ0n) is 23.4. The number of aromatic nitrogens is 3. The largest absolute Gasteiger partial charge is 0.493 e. The number of thioether (sulfide) groups is 1. The third-order valence-electron chi connectivity index (χ3n) is 7.73. The van der Waals surface area contributed by atoms with Crippen LogP contribution in [-0.4, -0.2) is 63.5 Å². The first-order valence-corrected chi connectivity index (χ1v) is 15.0. The zero-order valence-corrected chi connectivity index (χ0v) is 24.2. The van der Waals surface area contributed by atoms with Gasteiger partial charge in [0.25, 0.3) is 0 Å². The molecule has 2 saturated carbocycles. The van der Waals surface area contributed by atoms with E-state index in [9.17, 15) is 9.59 Å². The summed E-state index contributed by atoms with van der Waals surface area (Å²) in [6, 6.07) is 6.21. The molecule has 4 rings (SSSR count). The second-order valence-electron chi connectivity index (χ2n) is 10.3. The summed E-state index contributed by atoms with van der Waals surface area (Å²) < 4.78 is 12.4. The van der Waals surface area contributed by atoms with Gasteiger partial charge < -0.3 is 24.3 Å².